The van der Waals surface area contributed by atoms with Crippen LogP contribution in [-0.2, 0) is 20.1 Å². The Morgan fingerprint density at radius 3 is 2.42 bits per heavy atom. The summed E-state index contributed by atoms with van der Waals surface area (Å²) in [5.41, 5.74) is 9.06. The standard InChI is InChI=1S/C34H32ClN7O4S2/c1-21(39-29(43)11-12-36)34(44)46-16-15-45-26-9-5-22(6-10-26)30-27(17-37)31(42-13-2-14-42)41-33(28(30)18-38)48-20-25-19-47-32(40-25)23-3-7-24(35)8-4-23/h3-10,19,21H,2,11-16,20,36H2,1H3,(H,39,43). The van der Waals surface area contributed by atoms with Crippen molar-refractivity contribution < 1.29 is 19.1 Å². The third-order valence-electron chi connectivity index (χ3n) is 7.37. The van der Waals surface area contributed by atoms with Gasteiger partial charge in [0.15, 0.2) is 0 Å². The van der Waals surface area contributed by atoms with Crippen LogP contribution in [0.5, 0.6) is 5.75 Å². The molecule has 1 aliphatic heterocycles. The number of nitriles is 2. The fourth-order valence-corrected chi connectivity index (χ4v) is 6.73. The Hall–Kier alpha value is -4.66. The van der Waals surface area contributed by atoms with Crippen molar-refractivity contribution in [3.8, 4) is 39.6 Å². The molecule has 2 aromatic carbocycles. The molecule has 0 spiro atoms. The molecule has 1 saturated heterocycles. The van der Waals surface area contributed by atoms with E-state index in [4.69, 9.17) is 36.8 Å². The zero-order valence-electron chi connectivity index (χ0n) is 26.1. The van der Waals surface area contributed by atoms with Gasteiger partial charge in [-0.2, -0.15) is 10.5 Å². The molecule has 14 heteroatoms. The Balaban J connectivity index is 1.30. The fourth-order valence-electron chi connectivity index (χ4n) is 4.80. The molecule has 0 saturated carbocycles. The number of amides is 1. The molecule has 0 aliphatic carbocycles. The number of rotatable bonds is 14. The van der Waals surface area contributed by atoms with Gasteiger partial charge in [0.1, 0.15) is 58.6 Å². The molecule has 1 fully saturated rings. The topological polar surface area (TPSA) is 167 Å². The van der Waals surface area contributed by atoms with Gasteiger partial charge < -0.3 is 25.4 Å². The lowest BCUT2D eigenvalue weighted by molar-refractivity contribution is -0.148. The lowest BCUT2D eigenvalue weighted by atomic mass is 9.96. The van der Waals surface area contributed by atoms with Crippen molar-refractivity contribution in [2.75, 3.05) is 37.7 Å². The summed E-state index contributed by atoms with van der Waals surface area (Å²) in [6.45, 7) is 3.37. The number of ether oxygens (including phenoxy) is 2. The highest BCUT2D eigenvalue weighted by molar-refractivity contribution is 7.98. The van der Waals surface area contributed by atoms with Crippen LogP contribution in [0.3, 0.4) is 0 Å². The van der Waals surface area contributed by atoms with E-state index in [1.807, 2.05) is 29.6 Å². The summed E-state index contributed by atoms with van der Waals surface area (Å²) >= 11 is 8.99. The summed E-state index contributed by atoms with van der Waals surface area (Å²) in [5.74, 6) is 0.678. The summed E-state index contributed by atoms with van der Waals surface area (Å²) in [4.78, 5) is 35.5. The molecule has 1 aliphatic rings. The van der Waals surface area contributed by atoms with Gasteiger partial charge in [0.2, 0.25) is 5.91 Å². The summed E-state index contributed by atoms with van der Waals surface area (Å²) < 4.78 is 11.0. The molecular formula is C34H32ClN7O4S2. The molecule has 0 bridgehead atoms. The molecule has 4 aromatic rings. The zero-order valence-corrected chi connectivity index (χ0v) is 28.5. The second-order valence-electron chi connectivity index (χ2n) is 10.7. The highest BCUT2D eigenvalue weighted by Gasteiger charge is 2.27. The molecule has 1 atom stereocenters. The van der Waals surface area contributed by atoms with Crippen LogP contribution in [0.15, 0.2) is 58.9 Å². The van der Waals surface area contributed by atoms with E-state index in [0.717, 1.165) is 35.8 Å². The normalized spacial score (nSPS) is 12.7. The first-order valence-corrected chi connectivity index (χ1v) is 17.4. The maximum absolute atomic E-state index is 12.1. The predicted molar refractivity (Wildman–Crippen MR) is 186 cm³/mol. The maximum Gasteiger partial charge on any atom is 0.328 e. The number of nitrogens with one attached hydrogen (secondary N) is 1. The number of thiazole rings is 1. The number of aromatic nitrogens is 2. The van der Waals surface area contributed by atoms with Gasteiger partial charge >= 0.3 is 5.97 Å². The molecule has 246 valence electrons. The van der Waals surface area contributed by atoms with Crippen LogP contribution in [0.2, 0.25) is 5.02 Å². The van der Waals surface area contributed by atoms with Crippen molar-refractivity contribution in [1.29, 1.82) is 10.5 Å². The Morgan fingerprint density at radius 2 is 1.77 bits per heavy atom. The Bertz CT molecular complexity index is 1850. The summed E-state index contributed by atoms with van der Waals surface area (Å²) in [6.07, 6.45) is 1.13. The van der Waals surface area contributed by atoms with Crippen molar-refractivity contribution in [3.05, 3.63) is 75.8 Å². The van der Waals surface area contributed by atoms with E-state index in [9.17, 15) is 20.1 Å². The van der Waals surface area contributed by atoms with Crippen LogP contribution in [0.25, 0.3) is 21.7 Å². The molecule has 48 heavy (non-hydrogen) atoms. The van der Waals surface area contributed by atoms with E-state index in [1.165, 1.54) is 30.0 Å². The van der Waals surface area contributed by atoms with Crippen molar-refractivity contribution in [3.63, 3.8) is 0 Å². The highest BCUT2D eigenvalue weighted by Crippen LogP contribution is 2.40. The van der Waals surface area contributed by atoms with E-state index in [-0.39, 0.29) is 32.1 Å². The molecule has 3 N–H and O–H groups in total. The minimum atomic E-state index is -0.801. The minimum absolute atomic E-state index is 0.0147. The monoisotopic (exact) mass is 701 g/mol. The number of benzene rings is 2. The number of nitrogens with two attached hydrogens (primary N) is 1. The minimum Gasteiger partial charge on any atom is -0.490 e. The smallest absolute Gasteiger partial charge is 0.328 e. The average Bonchev–Trinajstić information content (AvgIpc) is 3.54. The van der Waals surface area contributed by atoms with Crippen molar-refractivity contribution in [2.24, 2.45) is 5.73 Å². The van der Waals surface area contributed by atoms with E-state index in [2.05, 4.69) is 22.4 Å². The van der Waals surface area contributed by atoms with Gasteiger partial charge in [-0.3, -0.25) is 4.79 Å². The summed E-state index contributed by atoms with van der Waals surface area (Å²) in [6, 6.07) is 18.4. The van der Waals surface area contributed by atoms with Crippen LogP contribution >= 0.6 is 34.7 Å². The molecule has 5 rings (SSSR count). The lowest BCUT2D eigenvalue weighted by Gasteiger charge is -2.33. The number of anilines is 1. The van der Waals surface area contributed by atoms with E-state index >= 15 is 0 Å². The molecule has 3 heterocycles. The number of carbonyl (C=O) groups is 2. The lowest BCUT2D eigenvalue weighted by Crippen LogP contribution is -2.40. The number of hydrogen-bond donors (Lipinski definition) is 2. The van der Waals surface area contributed by atoms with Crippen molar-refractivity contribution >= 4 is 52.4 Å². The van der Waals surface area contributed by atoms with E-state index in [0.29, 0.717) is 49.6 Å². The number of thioether (sulfide) groups is 1. The molecule has 1 unspecified atom stereocenters. The SMILES string of the molecule is CC(NC(=O)CCN)C(=O)OCCOc1ccc(-c2c(C#N)c(SCc3csc(-c4ccc(Cl)cc4)n3)nc(N3CCC3)c2C#N)cc1. The fraction of sp³-hybridized carbons (Fsp3) is 0.294. The van der Waals surface area contributed by atoms with Gasteiger partial charge in [-0.05, 0) is 43.2 Å². The van der Waals surface area contributed by atoms with Gasteiger partial charge in [-0.25, -0.2) is 14.8 Å². The number of pyridine rings is 1. The van der Waals surface area contributed by atoms with Gasteiger partial charge in [0.05, 0.1) is 11.3 Å². The van der Waals surface area contributed by atoms with Crippen molar-refractivity contribution in [2.45, 2.75) is 36.6 Å². The number of carbonyl (C=O) groups excluding carboxylic acids is 2. The number of hydrogen-bond acceptors (Lipinski definition) is 12. The summed E-state index contributed by atoms with van der Waals surface area (Å²) in [7, 11) is 0. The third kappa shape index (κ3) is 8.43. The number of halogens is 1. The zero-order chi connectivity index (χ0) is 34.0. The maximum atomic E-state index is 12.1. The van der Waals surface area contributed by atoms with Crippen molar-refractivity contribution in [1.82, 2.24) is 15.3 Å². The average molecular weight is 702 g/mol. The highest BCUT2D eigenvalue weighted by atomic mass is 35.5. The van der Waals surface area contributed by atoms with Crippen LogP contribution in [-0.4, -0.2) is 60.7 Å². The molecule has 1 amide bonds. The Labute approximate surface area is 291 Å². The van der Waals surface area contributed by atoms with E-state index < -0.39 is 12.0 Å². The van der Waals surface area contributed by atoms with Gasteiger partial charge in [-0.15, -0.1) is 11.3 Å². The van der Waals surface area contributed by atoms with Crippen LogP contribution in [0, 0.1) is 22.7 Å². The largest absolute Gasteiger partial charge is 0.490 e. The Kier molecular flexibility index (Phi) is 11.9. The van der Waals surface area contributed by atoms with Gasteiger partial charge in [0.25, 0.3) is 0 Å². The van der Waals surface area contributed by atoms with Crippen LogP contribution < -0.4 is 20.7 Å². The molecule has 11 nitrogen and oxygen atoms in total. The molecule has 2 aromatic heterocycles. The first-order valence-electron chi connectivity index (χ1n) is 15.2. The summed E-state index contributed by atoms with van der Waals surface area (Å²) in [5, 5.41) is 27.2. The molecular weight excluding hydrogens is 670 g/mol. The first-order chi connectivity index (χ1) is 23.3. The van der Waals surface area contributed by atoms with E-state index in [1.54, 1.807) is 24.3 Å². The quantitative estimate of drug-likeness (QED) is 0.0961. The number of nitrogens with zero attached hydrogens (tertiary/aromatic N) is 5. The van der Waals surface area contributed by atoms with Crippen LogP contribution in [0.1, 0.15) is 36.6 Å². The second kappa shape index (κ2) is 16.4. The number of esters is 1. The van der Waals surface area contributed by atoms with Gasteiger partial charge in [-0.1, -0.05) is 47.6 Å². The molecule has 0 radical (unpaired) electrons. The first kappa shape index (κ1) is 34.7. The van der Waals surface area contributed by atoms with Crippen LogP contribution in [0.4, 0.5) is 5.82 Å². The third-order valence-corrected chi connectivity index (χ3v) is 9.57. The Morgan fingerprint density at radius 1 is 1.06 bits per heavy atom. The predicted octanol–water partition coefficient (Wildman–Crippen LogP) is 5.55. The van der Waals surface area contributed by atoms with Gasteiger partial charge in [0, 0.05) is 53.3 Å². The second-order valence-corrected chi connectivity index (χ2v) is 13.0.